The predicted octanol–water partition coefficient (Wildman–Crippen LogP) is 2.32. The van der Waals surface area contributed by atoms with Gasteiger partial charge in [-0.05, 0) is 11.6 Å². The van der Waals surface area contributed by atoms with Gasteiger partial charge in [-0.1, -0.05) is 13.0 Å². The second-order valence-electron chi connectivity index (χ2n) is 3.72. The SMILES string of the molecule is CC1SCCSC1C(N)c1cccnc1. The molecule has 0 amide bonds. The maximum atomic E-state index is 6.29. The largest absolute Gasteiger partial charge is 0.323 e. The number of rotatable bonds is 2. The predicted molar refractivity (Wildman–Crippen MR) is 69.3 cm³/mol. The van der Waals surface area contributed by atoms with E-state index < -0.39 is 0 Å². The van der Waals surface area contributed by atoms with Crippen molar-refractivity contribution in [1.82, 2.24) is 4.98 Å². The molecule has 1 saturated heterocycles. The molecule has 1 aromatic rings. The molecule has 1 aliphatic rings. The van der Waals surface area contributed by atoms with Crippen LogP contribution in [0.25, 0.3) is 0 Å². The Morgan fingerprint density at radius 1 is 1.47 bits per heavy atom. The molecular weight excluding hydrogens is 224 g/mol. The third kappa shape index (κ3) is 2.68. The minimum absolute atomic E-state index is 0.117. The fraction of sp³-hybridized carbons (Fsp3) is 0.545. The molecule has 0 aliphatic carbocycles. The van der Waals surface area contributed by atoms with Crippen molar-refractivity contribution < 1.29 is 0 Å². The van der Waals surface area contributed by atoms with Gasteiger partial charge in [-0.2, -0.15) is 23.5 Å². The summed E-state index contributed by atoms with van der Waals surface area (Å²) in [5.74, 6) is 2.47. The van der Waals surface area contributed by atoms with Crippen LogP contribution in [0.1, 0.15) is 18.5 Å². The molecule has 0 aromatic carbocycles. The van der Waals surface area contributed by atoms with Crippen LogP contribution in [-0.2, 0) is 0 Å². The van der Waals surface area contributed by atoms with E-state index in [4.69, 9.17) is 5.73 Å². The molecule has 15 heavy (non-hydrogen) atoms. The molecule has 82 valence electrons. The summed E-state index contributed by atoms with van der Waals surface area (Å²) >= 11 is 4.03. The fourth-order valence-corrected chi connectivity index (χ4v) is 4.69. The van der Waals surface area contributed by atoms with Crippen molar-refractivity contribution in [1.29, 1.82) is 0 Å². The van der Waals surface area contributed by atoms with Crippen molar-refractivity contribution in [2.45, 2.75) is 23.5 Å². The van der Waals surface area contributed by atoms with Crippen molar-refractivity contribution in [3.8, 4) is 0 Å². The summed E-state index contributed by atoms with van der Waals surface area (Å²) in [6.45, 7) is 2.28. The zero-order chi connectivity index (χ0) is 10.7. The zero-order valence-electron chi connectivity index (χ0n) is 8.80. The minimum Gasteiger partial charge on any atom is -0.323 e. The Morgan fingerprint density at radius 2 is 2.27 bits per heavy atom. The summed E-state index contributed by atoms with van der Waals surface area (Å²) in [5.41, 5.74) is 7.44. The third-order valence-electron chi connectivity index (χ3n) is 2.66. The van der Waals surface area contributed by atoms with E-state index >= 15 is 0 Å². The first-order valence-electron chi connectivity index (χ1n) is 5.18. The molecule has 2 nitrogen and oxygen atoms in total. The van der Waals surface area contributed by atoms with Crippen LogP contribution in [0.15, 0.2) is 24.5 Å². The van der Waals surface area contributed by atoms with Crippen molar-refractivity contribution in [2.75, 3.05) is 11.5 Å². The van der Waals surface area contributed by atoms with Gasteiger partial charge in [-0.3, -0.25) is 4.98 Å². The molecule has 3 atom stereocenters. The number of nitrogens with two attached hydrogens (primary N) is 1. The van der Waals surface area contributed by atoms with Crippen LogP contribution in [0, 0.1) is 0 Å². The molecule has 2 heterocycles. The van der Waals surface area contributed by atoms with E-state index in [0.29, 0.717) is 10.5 Å². The van der Waals surface area contributed by atoms with Gasteiger partial charge in [0, 0.05) is 40.4 Å². The highest BCUT2D eigenvalue weighted by atomic mass is 32.2. The Labute approximate surface area is 99.4 Å². The van der Waals surface area contributed by atoms with Crippen LogP contribution in [0.3, 0.4) is 0 Å². The van der Waals surface area contributed by atoms with Crippen LogP contribution >= 0.6 is 23.5 Å². The first kappa shape index (κ1) is 11.3. The van der Waals surface area contributed by atoms with E-state index in [1.165, 1.54) is 11.5 Å². The van der Waals surface area contributed by atoms with Gasteiger partial charge >= 0.3 is 0 Å². The Morgan fingerprint density at radius 3 is 2.93 bits per heavy atom. The molecule has 0 bridgehead atoms. The monoisotopic (exact) mass is 240 g/mol. The normalized spacial score (nSPS) is 28.7. The fourth-order valence-electron chi connectivity index (χ4n) is 1.81. The lowest BCUT2D eigenvalue weighted by atomic mass is 10.0. The summed E-state index contributed by atoms with van der Waals surface area (Å²) in [7, 11) is 0. The van der Waals surface area contributed by atoms with Crippen molar-refractivity contribution in [3.05, 3.63) is 30.1 Å². The zero-order valence-corrected chi connectivity index (χ0v) is 10.4. The maximum Gasteiger partial charge on any atom is 0.0441 e. The molecule has 1 fully saturated rings. The van der Waals surface area contributed by atoms with E-state index in [0.717, 1.165) is 5.56 Å². The van der Waals surface area contributed by atoms with Gasteiger partial charge in [-0.15, -0.1) is 0 Å². The summed E-state index contributed by atoms with van der Waals surface area (Å²) in [5, 5.41) is 1.16. The number of hydrogen-bond donors (Lipinski definition) is 1. The van der Waals surface area contributed by atoms with E-state index in [9.17, 15) is 0 Å². The molecule has 1 aliphatic heterocycles. The van der Waals surface area contributed by atoms with E-state index in [-0.39, 0.29) is 6.04 Å². The lowest BCUT2D eigenvalue weighted by molar-refractivity contribution is 0.661. The van der Waals surface area contributed by atoms with Gasteiger partial charge in [0.1, 0.15) is 0 Å². The third-order valence-corrected chi connectivity index (χ3v) is 5.88. The highest BCUT2D eigenvalue weighted by Crippen LogP contribution is 2.37. The van der Waals surface area contributed by atoms with Gasteiger partial charge in [0.15, 0.2) is 0 Å². The van der Waals surface area contributed by atoms with Crippen LogP contribution in [0.5, 0.6) is 0 Å². The van der Waals surface area contributed by atoms with Crippen LogP contribution in [0.4, 0.5) is 0 Å². The highest BCUT2D eigenvalue weighted by Gasteiger charge is 2.28. The number of pyridine rings is 1. The Hall–Kier alpha value is -0.190. The van der Waals surface area contributed by atoms with Gasteiger partial charge in [-0.25, -0.2) is 0 Å². The summed E-state index contributed by atoms with van der Waals surface area (Å²) in [4.78, 5) is 4.13. The number of thioether (sulfide) groups is 2. The molecular formula is C11H16N2S2. The van der Waals surface area contributed by atoms with Crippen LogP contribution in [-0.4, -0.2) is 27.0 Å². The van der Waals surface area contributed by atoms with Gasteiger partial charge < -0.3 is 5.73 Å². The smallest absolute Gasteiger partial charge is 0.0441 e. The van der Waals surface area contributed by atoms with E-state index in [1.54, 1.807) is 6.20 Å². The molecule has 0 saturated carbocycles. The summed E-state index contributed by atoms with van der Waals surface area (Å²) in [6.07, 6.45) is 3.68. The Kier molecular flexibility index (Phi) is 3.94. The lowest BCUT2D eigenvalue weighted by Gasteiger charge is -2.32. The molecule has 2 N–H and O–H groups in total. The van der Waals surface area contributed by atoms with Crippen molar-refractivity contribution in [2.24, 2.45) is 5.73 Å². The number of hydrogen-bond acceptors (Lipinski definition) is 4. The number of nitrogens with zero attached hydrogens (tertiary/aromatic N) is 1. The van der Waals surface area contributed by atoms with Gasteiger partial charge in [0.25, 0.3) is 0 Å². The average Bonchev–Trinajstić information content (AvgIpc) is 2.30. The molecule has 4 heteroatoms. The average molecular weight is 240 g/mol. The van der Waals surface area contributed by atoms with E-state index in [1.807, 2.05) is 35.8 Å². The second kappa shape index (κ2) is 5.23. The Balaban J connectivity index is 2.09. The molecule has 1 aromatic heterocycles. The van der Waals surface area contributed by atoms with Crippen LogP contribution in [0.2, 0.25) is 0 Å². The van der Waals surface area contributed by atoms with Gasteiger partial charge in [0.05, 0.1) is 0 Å². The Bertz CT molecular complexity index is 305. The lowest BCUT2D eigenvalue weighted by Crippen LogP contribution is -2.34. The van der Waals surface area contributed by atoms with Gasteiger partial charge in [0.2, 0.25) is 0 Å². The first-order chi connectivity index (χ1) is 7.29. The highest BCUT2D eigenvalue weighted by molar-refractivity contribution is 8.07. The molecule has 2 rings (SSSR count). The van der Waals surface area contributed by atoms with Crippen molar-refractivity contribution >= 4 is 23.5 Å². The minimum atomic E-state index is 0.117. The second-order valence-corrected chi connectivity index (χ2v) is 6.49. The topological polar surface area (TPSA) is 38.9 Å². The molecule has 0 spiro atoms. The van der Waals surface area contributed by atoms with E-state index in [2.05, 4.69) is 18.0 Å². The standard InChI is InChI=1S/C11H16N2S2/c1-8-11(15-6-5-14-8)10(12)9-3-2-4-13-7-9/h2-4,7-8,10-11H,5-6,12H2,1H3. The summed E-state index contributed by atoms with van der Waals surface area (Å²) in [6, 6.07) is 4.15. The molecule has 3 unspecified atom stereocenters. The van der Waals surface area contributed by atoms with Crippen molar-refractivity contribution in [3.63, 3.8) is 0 Å². The summed E-state index contributed by atoms with van der Waals surface area (Å²) < 4.78 is 0. The van der Waals surface area contributed by atoms with Crippen LogP contribution < -0.4 is 5.73 Å². The maximum absolute atomic E-state index is 6.29. The number of aromatic nitrogens is 1. The first-order valence-corrected chi connectivity index (χ1v) is 7.27. The molecule has 0 radical (unpaired) electrons. The quantitative estimate of drug-likeness (QED) is 0.861.